The van der Waals surface area contributed by atoms with E-state index < -0.39 is 5.92 Å². The van der Waals surface area contributed by atoms with Crippen LogP contribution in [0, 0.1) is 0 Å². The molecular weight excluding hydrogens is 422 g/mol. The summed E-state index contributed by atoms with van der Waals surface area (Å²) in [6, 6.07) is 15.0. The molecule has 6 nitrogen and oxygen atoms in total. The average Bonchev–Trinajstić information content (AvgIpc) is 2.74. The molecule has 2 aromatic carbocycles. The summed E-state index contributed by atoms with van der Waals surface area (Å²) in [6.07, 6.45) is 0.166. The number of halogens is 1. The van der Waals surface area contributed by atoms with Crippen LogP contribution < -0.4 is 15.6 Å². The van der Waals surface area contributed by atoms with E-state index in [0.717, 1.165) is 11.1 Å². The van der Waals surface area contributed by atoms with Gasteiger partial charge >= 0.3 is 0 Å². The lowest BCUT2D eigenvalue weighted by Gasteiger charge is -2.28. The third kappa shape index (κ3) is 3.95. The molecule has 154 valence electrons. The van der Waals surface area contributed by atoms with Crippen molar-refractivity contribution in [2.75, 3.05) is 12.4 Å². The average molecular weight is 442 g/mol. The van der Waals surface area contributed by atoms with Gasteiger partial charge in [0, 0.05) is 35.7 Å². The number of thioether (sulfide) groups is 1. The molecule has 2 heterocycles. The van der Waals surface area contributed by atoms with E-state index >= 15 is 0 Å². The maximum Gasteiger partial charge on any atom is 0.279 e. The zero-order valence-corrected chi connectivity index (χ0v) is 18.1. The number of hydrogen-bond acceptors (Lipinski definition) is 5. The van der Waals surface area contributed by atoms with Gasteiger partial charge in [0.2, 0.25) is 5.91 Å². The fourth-order valence-electron chi connectivity index (χ4n) is 3.66. The van der Waals surface area contributed by atoms with Crippen LogP contribution in [0.2, 0.25) is 5.02 Å². The second-order valence-corrected chi connectivity index (χ2v) is 8.37. The first-order valence-corrected chi connectivity index (χ1v) is 10.7. The van der Waals surface area contributed by atoms with E-state index in [0.29, 0.717) is 33.1 Å². The third-order valence-corrected chi connectivity index (χ3v) is 6.41. The molecule has 4 rings (SSSR count). The van der Waals surface area contributed by atoms with Crippen molar-refractivity contribution < 1.29 is 9.53 Å². The lowest BCUT2D eigenvalue weighted by Crippen LogP contribution is -2.33. The molecule has 8 heteroatoms. The monoisotopic (exact) mass is 441 g/mol. The molecule has 1 aliphatic heterocycles. The number of fused-ring (bicyclic) bond motifs is 1. The van der Waals surface area contributed by atoms with Crippen LogP contribution in [0.4, 0.5) is 5.82 Å². The smallest absolute Gasteiger partial charge is 0.279 e. The Morgan fingerprint density at radius 1 is 1.23 bits per heavy atom. The number of carbonyl (C=O) groups excluding carboxylic acids is 1. The summed E-state index contributed by atoms with van der Waals surface area (Å²) in [5.41, 5.74) is 1.96. The van der Waals surface area contributed by atoms with Gasteiger partial charge in [-0.25, -0.2) is 0 Å². The van der Waals surface area contributed by atoms with Crippen molar-refractivity contribution in [2.45, 2.75) is 23.2 Å². The molecule has 0 fully saturated rings. The van der Waals surface area contributed by atoms with E-state index in [-0.39, 0.29) is 17.9 Å². The van der Waals surface area contributed by atoms with Crippen molar-refractivity contribution in [3.63, 3.8) is 0 Å². The Hall–Kier alpha value is -2.77. The molecule has 0 spiro atoms. The molecular formula is C22H20ClN3O3S. The fourth-order valence-corrected chi connectivity index (χ4v) is 4.78. The number of amides is 1. The number of benzene rings is 2. The van der Waals surface area contributed by atoms with Crippen LogP contribution in [0.25, 0.3) is 0 Å². The molecule has 1 unspecified atom stereocenters. The summed E-state index contributed by atoms with van der Waals surface area (Å²) < 4.78 is 7.23. The van der Waals surface area contributed by atoms with Crippen LogP contribution in [0.15, 0.2) is 58.5 Å². The lowest BCUT2D eigenvalue weighted by molar-refractivity contribution is -0.116. The molecule has 0 aliphatic carbocycles. The zero-order valence-electron chi connectivity index (χ0n) is 16.5. The largest absolute Gasteiger partial charge is 0.496 e. The second-order valence-electron chi connectivity index (χ2n) is 6.99. The van der Waals surface area contributed by atoms with E-state index in [4.69, 9.17) is 16.3 Å². The Labute approximate surface area is 183 Å². The van der Waals surface area contributed by atoms with Crippen molar-refractivity contribution in [3.8, 4) is 5.75 Å². The highest BCUT2D eigenvalue weighted by Gasteiger charge is 2.33. The summed E-state index contributed by atoms with van der Waals surface area (Å²) in [4.78, 5) is 29.9. The van der Waals surface area contributed by atoms with Gasteiger partial charge in [-0.15, -0.1) is 0 Å². The summed E-state index contributed by atoms with van der Waals surface area (Å²) in [5.74, 6) is 1.16. The number of ether oxygens (including phenoxy) is 1. The number of hydrogen-bond donors (Lipinski definition) is 1. The molecule has 30 heavy (non-hydrogen) atoms. The van der Waals surface area contributed by atoms with Crippen LogP contribution in [0.5, 0.6) is 5.75 Å². The standard InChI is InChI=1S/C22H20ClN3O3S/c1-26-20-19(16(11-18(27)24-20)15-8-3-4-9-17(15)29-2)21(28)25-22(26)30-12-13-6-5-7-14(23)10-13/h3-10,16H,11-12H2,1-2H3,(H,24,27). The quantitative estimate of drug-likeness (QED) is 0.474. The molecule has 1 aromatic heterocycles. The number of rotatable bonds is 5. The number of nitrogens with zero attached hydrogens (tertiary/aromatic N) is 2. The van der Waals surface area contributed by atoms with E-state index in [9.17, 15) is 9.59 Å². The summed E-state index contributed by atoms with van der Waals surface area (Å²) in [5, 5.41) is 4.05. The predicted molar refractivity (Wildman–Crippen MR) is 119 cm³/mol. The molecule has 1 amide bonds. The van der Waals surface area contributed by atoms with Crippen LogP contribution >= 0.6 is 23.4 Å². The Balaban J connectivity index is 1.74. The lowest BCUT2D eigenvalue weighted by atomic mass is 9.86. The molecule has 1 atom stereocenters. The van der Waals surface area contributed by atoms with Crippen molar-refractivity contribution in [3.05, 3.63) is 80.6 Å². The first kappa shape index (κ1) is 20.5. The van der Waals surface area contributed by atoms with Gasteiger partial charge < -0.3 is 14.6 Å². The van der Waals surface area contributed by atoms with Gasteiger partial charge in [0.25, 0.3) is 5.56 Å². The topological polar surface area (TPSA) is 73.2 Å². The van der Waals surface area contributed by atoms with Gasteiger partial charge in [-0.05, 0) is 23.8 Å². The van der Waals surface area contributed by atoms with Gasteiger partial charge in [-0.2, -0.15) is 4.98 Å². The molecule has 0 saturated carbocycles. The Morgan fingerprint density at radius 2 is 2.03 bits per heavy atom. The zero-order chi connectivity index (χ0) is 21.3. The van der Waals surface area contributed by atoms with Crippen molar-refractivity contribution in [1.29, 1.82) is 0 Å². The van der Waals surface area contributed by atoms with Crippen LogP contribution in [-0.4, -0.2) is 22.6 Å². The van der Waals surface area contributed by atoms with E-state index in [1.165, 1.54) is 11.8 Å². The number of methoxy groups -OCH3 is 1. The van der Waals surface area contributed by atoms with Crippen LogP contribution in [0.1, 0.15) is 29.0 Å². The molecule has 3 aromatic rings. The van der Waals surface area contributed by atoms with E-state index in [1.54, 1.807) is 18.7 Å². The number of para-hydroxylation sites is 1. The highest BCUT2D eigenvalue weighted by molar-refractivity contribution is 7.98. The molecule has 0 saturated heterocycles. The van der Waals surface area contributed by atoms with Gasteiger partial charge in [-0.3, -0.25) is 9.59 Å². The normalized spacial score (nSPS) is 15.4. The van der Waals surface area contributed by atoms with Crippen molar-refractivity contribution in [1.82, 2.24) is 9.55 Å². The fraction of sp³-hybridized carbons (Fsp3) is 0.227. The molecule has 0 radical (unpaired) electrons. The second kappa shape index (κ2) is 8.53. The van der Waals surface area contributed by atoms with Gasteiger partial charge in [0.15, 0.2) is 5.16 Å². The van der Waals surface area contributed by atoms with E-state index in [1.807, 2.05) is 48.5 Å². The van der Waals surface area contributed by atoms with Crippen molar-refractivity contribution >= 4 is 35.1 Å². The van der Waals surface area contributed by atoms with Crippen LogP contribution in [0.3, 0.4) is 0 Å². The number of anilines is 1. The first-order chi connectivity index (χ1) is 14.5. The Bertz CT molecular complexity index is 1180. The summed E-state index contributed by atoms with van der Waals surface area (Å²) in [7, 11) is 3.38. The minimum atomic E-state index is -0.414. The maximum atomic E-state index is 13.0. The minimum absolute atomic E-state index is 0.148. The Kier molecular flexibility index (Phi) is 5.83. The number of carbonyl (C=O) groups is 1. The predicted octanol–water partition coefficient (Wildman–Crippen LogP) is 4.21. The molecule has 0 bridgehead atoms. The number of aromatic nitrogens is 2. The Morgan fingerprint density at radius 3 is 2.80 bits per heavy atom. The first-order valence-electron chi connectivity index (χ1n) is 9.39. The van der Waals surface area contributed by atoms with E-state index in [2.05, 4.69) is 10.3 Å². The van der Waals surface area contributed by atoms with Crippen LogP contribution in [-0.2, 0) is 17.6 Å². The highest BCUT2D eigenvalue weighted by Crippen LogP contribution is 2.39. The van der Waals surface area contributed by atoms with Gasteiger partial charge in [0.05, 0.1) is 12.7 Å². The van der Waals surface area contributed by atoms with Gasteiger partial charge in [-0.1, -0.05) is 53.7 Å². The minimum Gasteiger partial charge on any atom is -0.496 e. The SMILES string of the molecule is COc1ccccc1C1CC(=O)Nc2c1c(=O)nc(SCc1cccc(Cl)c1)n2C. The summed E-state index contributed by atoms with van der Waals surface area (Å²) in [6.45, 7) is 0. The number of nitrogens with one attached hydrogen (secondary N) is 1. The molecule has 1 aliphatic rings. The van der Waals surface area contributed by atoms with Crippen molar-refractivity contribution in [2.24, 2.45) is 7.05 Å². The highest BCUT2D eigenvalue weighted by atomic mass is 35.5. The molecule has 1 N–H and O–H groups in total. The van der Waals surface area contributed by atoms with Gasteiger partial charge in [0.1, 0.15) is 11.6 Å². The third-order valence-electron chi connectivity index (χ3n) is 5.07. The summed E-state index contributed by atoms with van der Waals surface area (Å²) >= 11 is 7.47. The maximum absolute atomic E-state index is 13.0.